The van der Waals surface area contributed by atoms with Crippen LogP contribution in [0.1, 0.15) is 67.7 Å². The minimum Gasteiger partial charge on any atom is -0.506 e. The van der Waals surface area contributed by atoms with E-state index in [2.05, 4.69) is 10.3 Å². The highest BCUT2D eigenvalue weighted by molar-refractivity contribution is 5.87. The van der Waals surface area contributed by atoms with Crippen molar-refractivity contribution in [3.05, 3.63) is 99.8 Å². The number of fused-ring (bicyclic) bond motifs is 1. The molecule has 3 aromatic carbocycles. The molecule has 1 amide bonds. The van der Waals surface area contributed by atoms with Crippen LogP contribution in [0.5, 0.6) is 11.5 Å². The zero-order valence-corrected chi connectivity index (χ0v) is 25.3. The molecule has 0 aliphatic rings. The number of anilines is 1. The van der Waals surface area contributed by atoms with Crippen molar-refractivity contribution in [3.63, 3.8) is 0 Å². The van der Waals surface area contributed by atoms with Gasteiger partial charge < -0.3 is 30.4 Å². The van der Waals surface area contributed by atoms with Gasteiger partial charge in [0.2, 0.25) is 5.56 Å². The minimum atomic E-state index is -1.00. The molecule has 1 atom stereocenters. The second kappa shape index (κ2) is 16.5. The first-order valence-corrected chi connectivity index (χ1v) is 15.3. The number of benzene rings is 3. The summed E-state index contributed by atoms with van der Waals surface area (Å²) in [6.07, 6.45) is 5.83. The van der Waals surface area contributed by atoms with Gasteiger partial charge in [-0.05, 0) is 61.7 Å². The largest absolute Gasteiger partial charge is 0.506 e. The van der Waals surface area contributed by atoms with E-state index in [4.69, 9.17) is 4.74 Å². The van der Waals surface area contributed by atoms with Crippen LogP contribution in [0.3, 0.4) is 0 Å². The van der Waals surface area contributed by atoms with Gasteiger partial charge in [-0.15, -0.1) is 0 Å². The van der Waals surface area contributed by atoms with Crippen molar-refractivity contribution in [2.24, 2.45) is 0 Å². The Morgan fingerprint density at radius 3 is 2.45 bits per heavy atom. The Morgan fingerprint density at radius 2 is 1.68 bits per heavy atom. The van der Waals surface area contributed by atoms with E-state index >= 15 is 0 Å². The maximum absolute atomic E-state index is 12.0. The van der Waals surface area contributed by atoms with E-state index in [1.807, 2.05) is 43.3 Å². The number of aliphatic hydroxyl groups is 1. The minimum absolute atomic E-state index is 0.0156. The van der Waals surface area contributed by atoms with Gasteiger partial charge in [-0.1, -0.05) is 74.1 Å². The second-order valence-electron chi connectivity index (χ2n) is 11.2. The number of phenolic OH excluding ortho intramolecular Hbond substituents is 1. The monoisotopic (exact) mass is 601 g/mol. The molecular weight excluding hydrogens is 558 g/mol. The van der Waals surface area contributed by atoms with E-state index < -0.39 is 12.2 Å². The Kier molecular flexibility index (Phi) is 12.2. The molecule has 0 saturated heterocycles. The van der Waals surface area contributed by atoms with Crippen LogP contribution in [-0.4, -0.2) is 46.1 Å². The number of aromatic nitrogens is 1. The molecule has 5 N–H and O–H groups in total. The Balaban J connectivity index is 1.07. The van der Waals surface area contributed by atoms with Gasteiger partial charge in [-0.3, -0.25) is 9.69 Å². The van der Waals surface area contributed by atoms with Gasteiger partial charge in [-0.25, -0.2) is 4.79 Å². The van der Waals surface area contributed by atoms with Crippen LogP contribution in [0, 0.1) is 6.92 Å². The maximum atomic E-state index is 12.0. The summed E-state index contributed by atoms with van der Waals surface area (Å²) in [5.74, 6) is 0.655. The van der Waals surface area contributed by atoms with Crippen molar-refractivity contribution in [1.29, 1.82) is 0 Å². The standard InChI is InChI=1S/C35H43N3O6/c1-25-11-9-12-26(21-25)24-38(35(42)43)27-13-10-14-28(22-27)44-20-8-6-4-2-3-5-7-19-36-23-32(40)29-15-17-31(39)34-30(29)16-18-33(41)37-34/h9-18,21-22,32,36,39-40H,2-8,19-20,23-24H2,1H3,(H,37,41)(H,42,43)/t32-/m0/s1. The third-order valence-electron chi connectivity index (χ3n) is 7.65. The highest BCUT2D eigenvalue weighted by atomic mass is 16.5. The number of nitrogens with zero attached hydrogens (tertiary/aromatic N) is 1. The number of aromatic amines is 1. The molecule has 4 rings (SSSR count). The third-order valence-corrected chi connectivity index (χ3v) is 7.65. The van der Waals surface area contributed by atoms with Gasteiger partial charge in [-0.2, -0.15) is 0 Å². The molecular formula is C35H43N3O6. The average Bonchev–Trinajstić information content (AvgIpc) is 3.00. The Hall–Kier alpha value is -4.34. The number of aryl methyl sites for hydroxylation is 1. The van der Waals surface area contributed by atoms with Crippen molar-refractivity contribution >= 4 is 22.7 Å². The number of rotatable bonds is 17. The predicted octanol–water partition coefficient (Wildman–Crippen LogP) is 6.66. The van der Waals surface area contributed by atoms with E-state index in [-0.39, 0.29) is 17.9 Å². The number of ether oxygens (including phenoxy) is 1. The lowest BCUT2D eigenvalue weighted by molar-refractivity contribution is 0.176. The van der Waals surface area contributed by atoms with Crippen LogP contribution in [0.15, 0.2) is 77.6 Å². The first kappa shape index (κ1) is 32.6. The molecule has 234 valence electrons. The molecule has 9 heteroatoms. The summed E-state index contributed by atoms with van der Waals surface area (Å²) < 4.78 is 5.93. The molecule has 0 bridgehead atoms. The van der Waals surface area contributed by atoms with Crippen LogP contribution in [0.25, 0.3) is 10.9 Å². The number of nitrogens with one attached hydrogen (secondary N) is 2. The summed E-state index contributed by atoms with van der Waals surface area (Å²) in [4.78, 5) is 27.5. The molecule has 0 spiro atoms. The highest BCUT2D eigenvalue weighted by Crippen LogP contribution is 2.28. The van der Waals surface area contributed by atoms with E-state index in [1.54, 1.807) is 24.3 Å². The summed E-state index contributed by atoms with van der Waals surface area (Å²) >= 11 is 0. The predicted molar refractivity (Wildman–Crippen MR) is 174 cm³/mol. The van der Waals surface area contributed by atoms with Crippen LogP contribution in [0.4, 0.5) is 10.5 Å². The smallest absolute Gasteiger partial charge is 0.412 e. The number of carbonyl (C=O) groups is 1. The lowest BCUT2D eigenvalue weighted by Crippen LogP contribution is -2.28. The number of pyridine rings is 1. The molecule has 9 nitrogen and oxygen atoms in total. The number of hydrogen-bond donors (Lipinski definition) is 5. The molecule has 0 radical (unpaired) electrons. The van der Waals surface area contributed by atoms with Crippen molar-refractivity contribution in [1.82, 2.24) is 10.3 Å². The number of aromatic hydroxyl groups is 1. The summed E-state index contributed by atoms with van der Waals surface area (Å²) in [7, 11) is 0. The van der Waals surface area contributed by atoms with E-state index in [1.165, 1.54) is 17.0 Å². The number of phenols is 1. The van der Waals surface area contributed by atoms with Gasteiger partial charge in [0.15, 0.2) is 0 Å². The van der Waals surface area contributed by atoms with Gasteiger partial charge >= 0.3 is 6.09 Å². The number of aliphatic hydroxyl groups excluding tert-OH is 1. The van der Waals surface area contributed by atoms with Crippen molar-refractivity contribution in [2.45, 2.75) is 64.5 Å². The number of amides is 1. The molecule has 0 saturated carbocycles. The molecule has 0 aliphatic carbocycles. The SMILES string of the molecule is Cc1cccc(CN(C(=O)O)c2cccc(OCCCCCCCCCNC[C@H](O)c3ccc(O)c4[nH]c(=O)ccc34)c2)c1. The molecule has 1 heterocycles. The summed E-state index contributed by atoms with van der Waals surface area (Å²) in [5, 5.41) is 34.4. The Labute approximate surface area is 258 Å². The van der Waals surface area contributed by atoms with Crippen LogP contribution >= 0.6 is 0 Å². The number of H-pyrrole nitrogens is 1. The van der Waals surface area contributed by atoms with Gasteiger partial charge in [0.1, 0.15) is 11.5 Å². The second-order valence-corrected chi connectivity index (χ2v) is 11.2. The lowest BCUT2D eigenvalue weighted by Gasteiger charge is -2.20. The fraction of sp³-hybridized carbons (Fsp3) is 0.371. The van der Waals surface area contributed by atoms with Crippen molar-refractivity contribution in [2.75, 3.05) is 24.6 Å². The topological polar surface area (TPSA) is 135 Å². The summed E-state index contributed by atoms with van der Waals surface area (Å²) in [6, 6.07) is 21.3. The average molecular weight is 602 g/mol. The lowest BCUT2D eigenvalue weighted by atomic mass is 10.0. The maximum Gasteiger partial charge on any atom is 0.412 e. The third kappa shape index (κ3) is 9.59. The number of carboxylic acid groups (broad SMARTS) is 1. The molecule has 44 heavy (non-hydrogen) atoms. The van der Waals surface area contributed by atoms with Gasteiger partial charge in [0.05, 0.1) is 30.5 Å². The first-order valence-electron chi connectivity index (χ1n) is 15.3. The molecule has 1 aromatic heterocycles. The normalized spacial score (nSPS) is 11.9. The quantitative estimate of drug-likeness (QED) is 0.0854. The van der Waals surface area contributed by atoms with Gasteiger partial charge in [0.25, 0.3) is 0 Å². The van der Waals surface area contributed by atoms with Crippen molar-refractivity contribution < 1.29 is 24.9 Å². The molecule has 0 aliphatic heterocycles. The fourth-order valence-corrected chi connectivity index (χ4v) is 5.33. The first-order chi connectivity index (χ1) is 21.3. The fourth-order valence-electron chi connectivity index (χ4n) is 5.33. The number of unbranched alkanes of at least 4 members (excludes halogenated alkanes) is 6. The molecule has 0 fully saturated rings. The van der Waals surface area contributed by atoms with E-state index in [0.29, 0.717) is 41.1 Å². The van der Waals surface area contributed by atoms with Crippen LogP contribution < -0.4 is 20.5 Å². The zero-order valence-electron chi connectivity index (χ0n) is 25.3. The van der Waals surface area contributed by atoms with Crippen LogP contribution in [0.2, 0.25) is 0 Å². The van der Waals surface area contributed by atoms with E-state index in [9.17, 15) is 24.9 Å². The van der Waals surface area contributed by atoms with Crippen LogP contribution in [-0.2, 0) is 6.54 Å². The molecule has 0 unspecified atom stereocenters. The zero-order chi connectivity index (χ0) is 31.3. The van der Waals surface area contributed by atoms with Gasteiger partial charge in [0, 0.05) is 24.1 Å². The number of hydrogen-bond acceptors (Lipinski definition) is 6. The highest BCUT2D eigenvalue weighted by Gasteiger charge is 2.16. The molecule has 4 aromatic rings. The van der Waals surface area contributed by atoms with Crippen molar-refractivity contribution in [3.8, 4) is 11.5 Å². The summed E-state index contributed by atoms with van der Waals surface area (Å²) in [6.45, 7) is 4.06. The Morgan fingerprint density at radius 1 is 0.932 bits per heavy atom. The summed E-state index contributed by atoms with van der Waals surface area (Å²) in [5.41, 5.74) is 3.33. The Bertz CT molecular complexity index is 1570. The van der Waals surface area contributed by atoms with E-state index in [0.717, 1.165) is 62.6 Å².